The van der Waals surface area contributed by atoms with Crippen molar-refractivity contribution >= 4 is 41.1 Å². The van der Waals surface area contributed by atoms with Crippen LogP contribution in [-0.2, 0) is 0 Å². The first kappa shape index (κ1) is 17.0. The van der Waals surface area contributed by atoms with Gasteiger partial charge < -0.3 is 14.8 Å². The van der Waals surface area contributed by atoms with Gasteiger partial charge in [-0.15, -0.1) is 0 Å². The second-order valence-electron chi connectivity index (χ2n) is 4.43. The lowest BCUT2D eigenvalue weighted by Crippen LogP contribution is -2.31. The van der Waals surface area contributed by atoms with Crippen LogP contribution in [0.15, 0.2) is 39.9 Å². The van der Waals surface area contributed by atoms with Crippen molar-refractivity contribution in [2.75, 3.05) is 6.54 Å². The number of nitrogens with zero attached hydrogens (tertiary/aromatic N) is 1. The molecule has 6 nitrogen and oxygen atoms in total. The van der Waals surface area contributed by atoms with Crippen molar-refractivity contribution in [1.29, 1.82) is 0 Å². The van der Waals surface area contributed by atoms with E-state index in [1.54, 1.807) is 12.1 Å². The quantitative estimate of drug-likeness (QED) is 0.436. The van der Waals surface area contributed by atoms with E-state index in [-0.39, 0.29) is 5.56 Å². The first-order valence-electron chi connectivity index (χ1n) is 6.71. The van der Waals surface area contributed by atoms with Crippen LogP contribution in [0.1, 0.15) is 23.0 Å². The number of aromatic carboxylic acids is 1. The molecule has 23 heavy (non-hydrogen) atoms. The standard InChI is InChI=1S/C15H14ClN3O3S/c1-2-17-15(23)19-18-8-10-4-6-13(22-10)11-7-9(14(20)21)3-5-12(11)16/h3-8H,2H2,1H3,(H,20,21)(H2,17,19,23). The van der Waals surface area contributed by atoms with Gasteiger partial charge in [-0.1, -0.05) is 11.6 Å². The predicted molar refractivity (Wildman–Crippen MR) is 93.1 cm³/mol. The van der Waals surface area contributed by atoms with Crippen LogP contribution >= 0.6 is 23.8 Å². The van der Waals surface area contributed by atoms with Gasteiger partial charge in [-0.25, -0.2) is 4.79 Å². The summed E-state index contributed by atoms with van der Waals surface area (Å²) >= 11 is 11.1. The van der Waals surface area contributed by atoms with Crippen LogP contribution in [0.3, 0.4) is 0 Å². The zero-order valence-corrected chi connectivity index (χ0v) is 13.7. The lowest BCUT2D eigenvalue weighted by atomic mass is 10.1. The van der Waals surface area contributed by atoms with E-state index in [9.17, 15) is 4.79 Å². The Labute approximate surface area is 143 Å². The molecule has 0 saturated heterocycles. The molecule has 0 fully saturated rings. The number of thiocarbonyl (C=S) groups is 1. The molecule has 0 radical (unpaired) electrons. The number of nitrogens with one attached hydrogen (secondary N) is 2. The van der Waals surface area contributed by atoms with E-state index in [1.807, 2.05) is 6.92 Å². The summed E-state index contributed by atoms with van der Waals surface area (Å²) < 4.78 is 5.60. The van der Waals surface area contributed by atoms with Crippen LogP contribution in [0, 0.1) is 0 Å². The fraction of sp³-hybridized carbons (Fsp3) is 0.133. The van der Waals surface area contributed by atoms with E-state index in [1.165, 1.54) is 24.4 Å². The third-order valence-corrected chi connectivity index (χ3v) is 3.37. The van der Waals surface area contributed by atoms with E-state index in [2.05, 4.69) is 15.8 Å². The summed E-state index contributed by atoms with van der Waals surface area (Å²) in [7, 11) is 0. The Kier molecular flexibility index (Phi) is 5.72. The van der Waals surface area contributed by atoms with E-state index in [0.29, 0.717) is 33.8 Å². The maximum absolute atomic E-state index is 11.0. The van der Waals surface area contributed by atoms with E-state index >= 15 is 0 Å². The van der Waals surface area contributed by atoms with Crippen molar-refractivity contribution in [1.82, 2.24) is 10.7 Å². The van der Waals surface area contributed by atoms with E-state index < -0.39 is 5.97 Å². The summed E-state index contributed by atoms with van der Waals surface area (Å²) in [4.78, 5) is 11.0. The molecule has 1 aromatic heterocycles. The van der Waals surface area contributed by atoms with Gasteiger partial charge in [0.1, 0.15) is 11.5 Å². The van der Waals surface area contributed by atoms with Crippen LogP contribution in [0.5, 0.6) is 0 Å². The molecule has 0 aliphatic carbocycles. The average molecular weight is 352 g/mol. The van der Waals surface area contributed by atoms with Gasteiger partial charge in [0.15, 0.2) is 5.11 Å². The van der Waals surface area contributed by atoms with Gasteiger partial charge >= 0.3 is 5.97 Å². The average Bonchev–Trinajstić information content (AvgIpc) is 2.96. The molecule has 0 amide bonds. The number of carbonyl (C=O) groups is 1. The molecule has 1 aromatic carbocycles. The molecule has 120 valence electrons. The molecule has 0 bridgehead atoms. The molecule has 0 atom stereocenters. The molecule has 0 saturated carbocycles. The molecule has 0 unspecified atom stereocenters. The Morgan fingerprint density at radius 3 is 2.91 bits per heavy atom. The number of hydrogen-bond donors (Lipinski definition) is 3. The first-order valence-corrected chi connectivity index (χ1v) is 7.50. The third kappa shape index (κ3) is 4.54. The van der Waals surface area contributed by atoms with Gasteiger partial charge in [0, 0.05) is 12.1 Å². The summed E-state index contributed by atoms with van der Waals surface area (Å²) in [5, 5.41) is 16.7. The molecule has 0 aliphatic heterocycles. The molecule has 0 aliphatic rings. The van der Waals surface area contributed by atoms with Crippen molar-refractivity contribution in [3.05, 3.63) is 46.7 Å². The Morgan fingerprint density at radius 2 is 2.22 bits per heavy atom. The minimum absolute atomic E-state index is 0.133. The van der Waals surface area contributed by atoms with E-state index in [0.717, 1.165) is 0 Å². The highest BCUT2D eigenvalue weighted by Gasteiger charge is 2.12. The highest BCUT2D eigenvalue weighted by atomic mass is 35.5. The maximum Gasteiger partial charge on any atom is 0.335 e. The Morgan fingerprint density at radius 1 is 1.43 bits per heavy atom. The van der Waals surface area contributed by atoms with Gasteiger partial charge in [-0.3, -0.25) is 5.43 Å². The minimum Gasteiger partial charge on any atom is -0.478 e. The number of hydrazone groups is 1. The number of furan rings is 1. The van der Waals surface area contributed by atoms with Crippen LogP contribution < -0.4 is 10.7 Å². The van der Waals surface area contributed by atoms with Crippen LogP contribution in [0.4, 0.5) is 0 Å². The van der Waals surface area contributed by atoms with Crippen LogP contribution in [-0.4, -0.2) is 28.9 Å². The molecule has 2 rings (SSSR count). The van der Waals surface area contributed by atoms with Crippen molar-refractivity contribution < 1.29 is 14.3 Å². The topological polar surface area (TPSA) is 86.9 Å². The normalized spacial score (nSPS) is 10.7. The fourth-order valence-electron chi connectivity index (χ4n) is 1.77. The smallest absolute Gasteiger partial charge is 0.335 e. The summed E-state index contributed by atoms with van der Waals surface area (Å²) in [6.07, 6.45) is 1.46. The molecule has 2 aromatic rings. The predicted octanol–water partition coefficient (Wildman–Crippen LogP) is 3.12. The first-order chi connectivity index (χ1) is 11.0. The second kappa shape index (κ2) is 7.75. The van der Waals surface area contributed by atoms with Crippen LogP contribution in [0.25, 0.3) is 11.3 Å². The largest absolute Gasteiger partial charge is 0.478 e. The lowest BCUT2D eigenvalue weighted by molar-refractivity contribution is 0.0697. The van der Waals surface area contributed by atoms with Gasteiger partial charge in [0.05, 0.1) is 16.8 Å². The molecular formula is C15H14ClN3O3S. The second-order valence-corrected chi connectivity index (χ2v) is 5.25. The molecule has 0 spiro atoms. The van der Waals surface area contributed by atoms with Gasteiger partial charge in [0.2, 0.25) is 0 Å². The Bertz CT molecular complexity index is 758. The summed E-state index contributed by atoms with van der Waals surface area (Å²) in [5.74, 6) is -0.102. The van der Waals surface area contributed by atoms with Crippen molar-refractivity contribution in [3.8, 4) is 11.3 Å². The van der Waals surface area contributed by atoms with Crippen molar-refractivity contribution in [2.24, 2.45) is 5.10 Å². The number of hydrogen-bond acceptors (Lipinski definition) is 4. The zero-order chi connectivity index (χ0) is 16.8. The Balaban J connectivity index is 2.16. The molecule has 1 heterocycles. The number of carboxylic acid groups (broad SMARTS) is 1. The zero-order valence-electron chi connectivity index (χ0n) is 12.2. The minimum atomic E-state index is -1.03. The number of carboxylic acids is 1. The molecular weight excluding hydrogens is 338 g/mol. The highest BCUT2D eigenvalue weighted by Crippen LogP contribution is 2.30. The van der Waals surface area contributed by atoms with Gasteiger partial charge in [0.25, 0.3) is 0 Å². The third-order valence-electron chi connectivity index (χ3n) is 2.80. The number of halogens is 1. The number of benzene rings is 1. The van der Waals surface area contributed by atoms with Gasteiger partial charge in [-0.05, 0) is 49.5 Å². The van der Waals surface area contributed by atoms with Crippen molar-refractivity contribution in [3.63, 3.8) is 0 Å². The lowest BCUT2D eigenvalue weighted by Gasteiger charge is -2.03. The van der Waals surface area contributed by atoms with Crippen molar-refractivity contribution in [2.45, 2.75) is 6.92 Å². The monoisotopic (exact) mass is 351 g/mol. The number of rotatable bonds is 5. The van der Waals surface area contributed by atoms with Gasteiger partial charge in [-0.2, -0.15) is 5.10 Å². The molecule has 3 N–H and O–H groups in total. The highest BCUT2D eigenvalue weighted by molar-refractivity contribution is 7.80. The van der Waals surface area contributed by atoms with Crippen LogP contribution in [0.2, 0.25) is 5.02 Å². The summed E-state index contributed by atoms with van der Waals surface area (Å²) in [6.45, 7) is 2.62. The fourth-order valence-corrected chi connectivity index (χ4v) is 2.18. The SMILES string of the molecule is CCNC(=S)NN=Cc1ccc(-c2cc(C(=O)O)ccc2Cl)o1. The molecule has 8 heteroatoms. The maximum atomic E-state index is 11.0. The summed E-state index contributed by atoms with van der Waals surface area (Å²) in [6, 6.07) is 7.80. The Hall–Kier alpha value is -2.38. The summed E-state index contributed by atoms with van der Waals surface area (Å²) in [5.41, 5.74) is 3.28. The van der Waals surface area contributed by atoms with E-state index in [4.69, 9.17) is 33.3 Å².